The van der Waals surface area contributed by atoms with E-state index in [1.807, 2.05) is 23.6 Å². The molecule has 6 nitrogen and oxygen atoms in total. The van der Waals surface area contributed by atoms with E-state index in [-0.39, 0.29) is 5.91 Å². The first kappa shape index (κ1) is 23.1. The molecule has 0 radical (unpaired) electrons. The number of thiophene rings is 1. The molecule has 0 fully saturated rings. The molecule has 0 unspecified atom stereocenters. The summed E-state index contributed by atoms with van der Waals surface area (Å²) in [6.45, 7) is 1.75. The van der Waals surface area contributed by atoms with Crippen molar-refractivity contribution < 1.29 is 14.7 Å². The molecule has 0 spiro atoms. The second kappa shape index (κ2) is 10.2. The summed E-state index contributed by atoms with van der Waals surface area (Å²) in [4.78, 5) is 26.0. The summed E-state index contributed by atoms with van der Waals surface area (Å²) in [5.41, 5.74) is 3.46. The van der Waals surface area contributed by atoms with Crippen LogP contribution in [0.2, 0.25) is 0 Å². The number of aliphatic hydroxyl groups is 1. The lowest BCUT2D eigenvalue weighted by atomic mass is 9.85. The van der Waals surface area contributed by atoms with Gasteiger partial charge in [-0.3, -0.25) is 9.59 Å². The van der Waals surface area contributed by atoms with E-state index in [2.05, 4.69) is 15.8 Å². The van der Waals surface area contributed by atoms with Gasteiger partial charge in [0, 0.05) is 5.69 Å². The number of hydrogen-bond acceptors (Lipinski definition) is 5. The number of hydrogen-bond donors (Lipinski definition) is 3. The third-order valence-electron chi connectivity index (χ3n) is 5.34. The number of nitrogens with one attached hydrogen (secondary N) is 2. The maximum atomic E-state index is 13.2. The maximum absolute atomic E-state index is 13.2. The van der Waals surface area contributed by atoms with Gasteiger partial charge in [0.05, 0.1) is 10.6 Å². The lowest BCUT2D eigenvalue weighted by molar-refractivity contribution is -0.136. The number of nitrogens with zero attached hydrogens (tertiary/aromatic N) is 1. The van der Waals surface area contributed by atoms with Crippen LogP contribution in [0, 0.1) is 0 Å². The molecule has 0 atom stereocenters. The molecule has 3 N–H and O–H groups in total. The molecule has 0 aliphatic carbocycles. The zero-order chi connectivity index (χ0) is 24.0. The highest BCUT2D eigenvalue weighted by Crippen LogP contribution is 2.30. The van der Waals surface area contributed by atoms with Gasteiger partial charge in [-0.1, -0.05) is 78.9 Å². The average molecular weight is 470 g/mol. The molecule has 170 valence electrons. The van der Waals surface area contributed by atoms with Gasteiger partial charge in [-0.05, 0) is 47.2 Å². The minimum atomic E-state index is -1.90. The summed E-state index contributed by atoms with van der Waals surface area (Å²) < 4.78 is 0. The van der Waals surface area contributed by atoms with Crippen LogP contribution in [0.3, 0.4) is 0 Å². The fourth-order valence-corrected chi connectivity index (χ4v) is 4.08. The molecule has 0 aliphatic heterocycles. The Hall–Kier alpha value is -4.07. The van der Waals surface area contributed by atoms with E-state index < -0.39 is 11.5 Å². The van der Waals surface area contributed by atoms with Crippen molar-refractivity contribution in [1.29, 1.82) is 0 Å². The Balaban J connectivity index is 1.50. The Labute approximate surface area is 201 Å². The fraction of sp³-hybridized carbons (Fsp3) is 0.0741. The molecule has 7 heteroatoms. The van der Waals surface area contributed by atoms with Gasteiger partial charge in [0.25, 0.3) is 11.8 Å². The van der Waals surface area contributed by atoms with Crippen molar-refractivity contribution in [1.82, 2.24) is 5.43 Å². The van der Waals surface area contributed by atoms with Crippen LogP contribution in [0.5, 0.6) is 0 Å². The van der Waals surface area contributed by atoms with Crippen molar-refractivity contribution in [2.75, 3.05) is 5.32 Å². The molecule has 0 bridgehead atoms. The van der Waals surface area contributed by atoms with Crippen molar-refractivity contribution >= 4 is 34.6 Å². The number of carbonyl (C=O) groups is 2. The second-order valence-corrected chi connectivity index (χ2v) is 8.54. The van der Waals surface area contributed by atoms with Crippen LogP contribution in [0.15, 0.2) is 108 Å². The quantitative estimate of drug-likeness (QED) is 0.269. The summed E-state index contributed by atoms with van der Waals surface area (Å²) >= 11 is 1.37. The normalized spacial score (nSPS) is 11.6. The van der Waals surface area contributed by atoms with Crippen LogP contribution >= 0.6 is 11.3 Å². The van der Waals surface area contributed by atoms with Gasteiger partial charge in [0.15, 0.2) is 5.60 Å². The standard InChI is InChI=1S/C27H23N3O3S/c1-19(20-14-16-23(17-15-20)28-25(31)24-13-8-18-34-24)29-30-26(32)27(33,21-9-4-2-5-10-21)22-11-6-3-7-12-22/h2-18,33H,1H3,(H,28,31)(H,30,32). The van der Waals surface area contributed by atoms with Gasteiger partial charge >= 0.3 is 0 Å². The Morgan fingerprint density at radius 2 is 1.41 bits per heavy atom. The predicted molar refractivity (Wildman–Crippen MR) is 135 cm³/mol. The molecule has 0 saturated heterocycles. The van der Waals surface area contributed by atoms with Gasteiger partial charge in [-0.2, -0.15) is 5.10 Å². The monoisotopic (exact) mass is 469 g/mol. The van der Waals surface area contributed by atoms with Crippen molar-refractivity contribution in [3.63, 3.8) is 0 Å². The molecule has 34 heavy (non-hydrogen) atoms. The van der Waals surface area contributed by atoms with Gasteiger partial charge < -0.3 is 10.4 Å². The smallest absolute Gasteiger partial charge is 0.281 e. The molecule has 0 aliphatic rings. The molecular formula is C27H23N3O3S. The van der Waals surface area contributed by atoms with Gasteiger partial charge in [0.2, 0.25) is 0 Å². The average Bonchev–Trinajstić information content (AvgIpc) is 3.43. The Morgan fingerprint density at radius 1 is 0.824 bits per heavy atom. The first-order chi connectivity index (χ1) is 16.5. The second-order valence-electron chi connectivity index (χ2n) is 7.59. The highest BCUT2D eigenvalue weighted by atomic mass is 32.1. The van der Waals surface area contributed by atoms with Crippen LogP contribution in [0.1, 0.15) is 33.3 Å². The lowest BCUT2D eigenvalue weighted by Gasteiger charge is -2.27. The highest BCUT2D eigenvalue weighted by molar-refractivity contribution is 7.12. The van der Waals surface area contributed by atoms with Crippen molar-refractivity contribution in [3.05, 3.63) is 124 Å². The maximum Gasteiger partial charge on any atom is 0.281 e. The Morgan fingerprint density at radius 3 is 1.94 bits per heavy atom. The van der Waals surface area contributed by atoms with E-state index in [0.717, 1.165) is 5.56 Å². The minimum Gasteiger partial charge on any atom is -0.372 e. The zero-order valence-corrected chi connectivity index (χ0v) is 19.3. The molecule has 0 saturated carbocycles. The summed E-state index contributed by atoms with van der Waals surface area (Å²) in [6.07, 6.45) is 0. The lowest BCUT2D eigenvalue weighted by Crippen LogP contribution is -2.43. The Bertz CT molecular complexity index is 1250. The largest absolute Gasteiger partial charge is 0.372 e. The van der Waals surface area contributed by atoms with E-state index in [1.54, 1.807) is 85.8 Å². The van der Waals surface area contributed by atoms with Crippen LogP contribution in [0.4, 0.5) is 5.69 Å². The topological polar surface area (TPSA) is 90.8 Å². The highest BCUT2D eigenvalue weighted by Gasteiger charge is 2.39. The number of benzene rings is 3. The van der Waals surface area contributed by atoms with Crippen LogP contribution in [-0.4, -0.2) is 22.6 Å². The van der Waals surface area contributed by atoms with E-state index in [1.165, 1.54) is 11.3 Å². The zero-order valence-electron chi connectivity index (χ0n) is 18.4. The van der Waals surface area contributed by atoms with E-state index in [0.29, 0.717) is 27.4 Å². The summed E-state index contributed by atoms with van der Waals surface area (Å²) in [7, 11) is 0. The van der Waals surface area contributed by atoms with Crippen LogP contribution < -0.4 is 10.7 Å². The molecule has 1 aromatic heterocycles. The molecule has 2 amide bonds. The van der Waals surface area contributed by atoms with Gasteiger partial charge in [-0.25, -0.2) is 5.43 Å². The third-order valence-corrected chi connectivity index (χ3v) is 6.21. The van der Waals surface area contributed by atoms with Crippen LogP contribution in [-0.2, 0) is 10.4 Å². The molecular weight excluding hydrogens is 446 g/mol. The number of amides is 2. The molecule has 1 heterocycles. The van der Waals surface area contributed by atoms with E-state index in [9.17, 15) is 14.7 Å². The van der Waals surface area contributed by atoms with Gasteiger partial charge in [-0.15, -0.1) is 11.3 Å². The molecule has 4 rings (SSSR count). The third kappa shape index (κ3) is 4.96. The van der Waals surface area contributed by atoms with Crippen molar-refractivity contribution in [3.8, 4) is 0 Å². The van der Waals surface area contributed by atoms with Crippen molar-refractivity contribution in [2.45, 2.75) is 12.5 Å². The first-order valence-electron chi connectivity index (χ1n) is 10.6. The fourth-order valence-electron chi connectivity index (χ4n) is 3.46. The van der Waals surface area contributed by atoms with Gasteiger partial charge in [0.1, 0.15) is 0 Å². The molecule has 4 aromatic rings. The first-order valence-corrected chi connectivity index (χ1v) is 11.5. The number of rotatable bonds is 7. The van der Waals surface area contributed by atoms with E-state index in [4.69, 9.17) is 0 Å². The summed E-state index contributed by atoms with van der Waals surface area (Å²) in [5.74, 6) is -0.828. The number of hydrazone groups is 1. The van der Waals surface area contributed by atoms with Crippen molar-refractivity contribution in [2.24, 2.45) is 5.10 Å². The number of anilines is 1. The minimum absolute atomic E-state index is 0.165. The SMILES string of the molecule is CC(=NNC(=O)C(O)(c1ccccc1)c1ccccc1)c1ccc(NC(=O)c2cccs2)cc1. The molecule has 3 aromatic carbocycles. The number of carbonyl (C=O) groups excluding carboxylic acids is 2. The predicted octanol–water partition coefficient (Wildman–Crippen LogP) is 4.78. The summed E-state index contributed by atoms with van der Waals surface area (Å²) in [6, 6.07) is 28.2. The Kier molecular flexibility index (Phi) is 6.96. The van der Waals surface area contributed by atoms with Crippen LogP contribution in [0.25, 0.3) is 0 Å². The van der Waals surface area contributed by atoms with E-state index >= 15 is 0 Å². The summed E-state index contributed by atoms with van der Waals surface area (Å²) in [5, 5.41) is 20.4.